The first-order chi connectivity index (χ1) is 13.0. The Bertz CT molecular complexity index is 606. The van der Waals surface area contributed by atoms with Gasteiger partial charge in [0.25, 0.3) is 0 Å². The summed E-state index contributed by atoms with van der Waals surface area (Å²) in [5.41, 5.74) is 0. The van der Waals surface area contributed by atoms with E-state index in [0.717, 1.165) is 20.8 Å². The quantitative estimate of drug-likeness (QED) is 0.241. The molecule has 0 saturated carbocycles. The molecule has 0 aliphatic carbocycles. The zero-order valence-corrected chi connectivity index (χ0v) is 18.2. The third-order valence-electron chi connectivity index (χ3n) is 1.89. The number of carbonyl (C=O) groups is 3. The Morgan fingerprint density at radius 3 is 0.677 bits per heavy atom. The molecule has 0 rings (SSSR count). The van der Waals surface area contributed by atoms with Gasteiger partial charge in [-0.1, -0.05) is 0 Å². The van der Waals surface area contributed by atoms with Gasteiger partial charge in [0, 0.05) is 58.6 Å². The number of hydrogen-bond donors (Lipinski definition) is 3. The van der Waals surface area contributed by atoms with Crippen LogP contribution in [-0.2, 0) is 14.4 Å². The van der Waals surface area contributed by atoms with Crippen LogP contribution in [0.4, 0.5) is 39.5 Å². The van der Waals surface area contributed by atoms with Gasteiger partial charge < -0.3 is 15.3 Å². The van der Waals surface area contributed by atoms with E-state index in [1.807, 2.05) is 0 Å². The summed E-state index contributed by atoms with van der Waals surface area (Å²) in [6, 6.07) is 0. The molecule has 0 radical (unpaired) electrons. The SMILES string of the molecule is CC(=O)C=C(O)C(F)(F)F.CC(=O)C=C(O)C(F)(F)F.CC(=O)C=C(O)C(F)(F)F.[Sm]. The van der Waals surface area contributed by atoms with Crippen LogP contribution < -0.4 is 0 Å². The number of hydrogen-bond acceptors (Lipinski definition) is 6. The molecule has 0 saturated heterocycles. The summed E-state index contributed by atoms with van der Waals surface area (Å²) in [7, 11) is 0. The number of ketones is 3. The molecule has 31 heavy (non-hydrogen) atoms. The summed E-state index contributed by atoms with van der Waals surface area (Å²) in [6.07, 6.45) is -14.1. The van der Waals surface area contributed by atoms with Crippen LogP contribution in [0.5, 0.6) is 0 Å². The number of halogens is 9. The van der Waals surface area contributed by atoms with Crippen LogP contribution in [-0.4, -0.2) is 51.2 Å². The van der Waals surface area contributed by atoms with Crippen LogP contribution >= 0.6 is 0 Å². The number of rotatable bonds is 3. The van der Waals surface area contributed by atoms with E-state index in [1.54, 1.807) is 0 Å². The third kappa shape index (κ3) is 24.5. The third-order valence-corrected chi connectivity index (χ3v) is 1.89. The van der Waals surface area contributed by atoms with E-state index in [4.69, 9.17) is 15.3 Å². The van der Waals surface area contributed by atoms with Crippen molar-refractivity contribution in [1.29, 1.82) is 0 Å². The molecular weight excluding hydrogens is 598 g/mol. The molecule has 0 fully saturated rings. The Hall–Kier alpha value is -1.66. The van der Waals surface area contributed by atoms with Crippen molar-refractivity contribution >= 4 is 17.3 Å². The molecule has 3 N–H and O–H groups in total. The Kier molecular flexibility index (Phi) is 18.0. The van der Waals surface area contributed by atoms with Crippen molar-refractivity contribution < 1.29 is 110 Å². The average Bonchev–Trinajstić information content (AvgIpc) is 2.43. The number of aliphatic hydroxyl groups excluding tert-OH is 3. The van der Waals surface area contributed by atoms with E-state index < -0.39 is 53.2 Å². The Morgan fingerprint density at radius 1 is 0.516 bits per heavy atom. The second-order valence-electron chi connectivity index (χ2n) is 4.91. The summed E-state index contributed by atoms with van der Waals surface area (Å²) < 4.78 is 102. The molecule has 6 nitrogen and oxygen atoms in total. The molecule has 0 bridgehead atoms. The number of allylic oxidation sites excluding steroid dienone is 6. The van der Waals surface area contributed by atoms with Crippen molar-refractivity contribution in [2.45, 2.75) is 39.3 Å². The number of carbonyl (C=O) groups excluding carboxylic acids is 3. The van der Waals surface area contributed by atoms with Crippen LogP contribution in [0.3, 0.4) is 0 Å². The maximum Gasteiger partial charge on any atom is 0.448 e. The predicted molar refractivity (Wildman–Crippen MR) is 82.3 cm³/mol. The van der Waals surface area contributed by atoms with Gasteiger partial charge in [-0.15, -0.1) is 0 Å². The van der Waals surface area contributed by atoms with Crippen molar-refractivity contribution in [1.82, 2.24) is 0 Å². The molecule has 0 unspecified atom stereocenters. The molecule has 180 valence electrons. The van der Waals surface area contributed by atoms with E-state index in [-0.39, 0.29) is 58.6 Å². The van der Waals surface area contributed by atoms with Gasteiger partial charge in [-0.3, -0.25) is 14.4 Å². The van der Waals surface area contributed by atoms with Crippen LogP contribution in [0.15, 0.2) is 35.5 Å². The Labute approximate surface area is 201 Å². The molecule has 0 spiro atoms. The molecular formula is C15H15F9O6Sm. The first-order valence-corrected chi connectivity index (χ1v) is 6.97. The molecule has 0 atom stereocenters. The van der Waals surface area contributed by atoms with Crippen LogP contribution in [0.25, 0.3) is 0 Å². The maximum atomic E-state index is 11.3. The topological polar surface area (TPSA) is 112 Å². The fraction of sp³-hybridized carbons (Fsp3) is 0.400. The average molecular weight is 613 g/mol. The molecule has 0 aromatic rings. The van der Waals surface area contributed by atoms with E-state index in [2.05, 4.69) is 0 Å². The summed E-state index contributed by atoms with van der Waals surface area (Å²) in [5.74, 6) is -8.10. The first-order valence-electron chi connectivity index (χ1n) is 6.97. The Morgan fingerprint density at radius 2 is 0.645 bits per heavy atom. The summed E-state index contributed by atoms with van der Waals surface area (Å²) >= 11 is 0. The fourth-order valence-electron chi connectivity index (χ4n) is 0.823. The van der Waals surface area contributed by atoms with Crippen molar-refractivity contribution in [2.75, 3.05) is 0 Å². The molecule has 0 aliphatic rings. The van der Waals surface area contributed by atoms with Gasteiger partial charge in [0.15, 0.2) is 17.3 Å². The molecule has 0 amide bonds. The maximum absolute atomic E-state index is 11.3. The standard InChI is InChI=1S/3C5H5F3O2.Sm/c3*1-3(9)2-4(10)5(6,7)8;/h3*2,10H,1H3;. The van der Waals surface area contributed by atoms with Gasteiger partial charge in [-0.25, -0.2) is 0 Å². The van der Waals surface area contributed by atoms with Gasteiger partial charge in [0.1, 0.15) is 0 Å². The van der Waals surface area contributed by atoms with Crippen LogP contribution in [0.1, 0.15) is 20.8 Å². The number of aliphatic hydroxyl groups is 3. The number of alkyl halides is 9. The fourth-order valence-corrected chi connectivity index (χ4v) is 0.823. The van der Waals surface area contributed by atoms with Gasteiger partial charge in [-0.05, 0) is 20.8 Å². The van der Waals surface area contributed by atoms with Crippen molar-refractivity contribution in [3.05, 3.63) is 35.5 Å². The second-order valence-corrected chi connectivity index (χ2v) is 4.91. The smallest absolute Gasteiger partial charge is 0.448 e. The van der Waals surface area contributed by atoms with Gasteiger partial charge >= 0.3 is 18.5 Å². The molecule has 0 aromatic heterocycles. The van der Waals surface area contributed by atoms with E-state index in [1.165, 1.54) is 0 Å². The van der Waals surface area contributed by atoms with Crippen LogP contribution in [0, 0.1) is 40.4 Å². The largest absolute Gasteiger partial charge is 0.504 e. The van der Waals surface area contributed by atoms with E-state index >= 15 is 0 Å². The van der Waals surface area contributed by atoms with Gasteiger partial charge in [-0.2, -0.15) is 39.5 Å². The summed E-state index contributed by atoms with van der Waals surface area (Å²) in [6.45, 7) is 2.76. The molecule has 16 heteroatoms. The zero-order valence-electron chi connectivity index (χ0n) is 15.6. The molecule has 0 aliphatic heterocycles. The summed E-state index contributed by atoms with van der Waals surface area (Å²) in [4.78, 5) is 29.9. The normalized spacial score (nSPS) is 13.0. The van der Waals surface area contributed by atoms with E-state index in [0.29, 0.717) is 0 Å². The zero-order chi connectivity index (χ0) is 25.1. The van der Waals surface area contributed by atoms with Gasteiger partial charge in [0.05, 0.1) is 0 Å². The molecule has 0 heterocycles. The summed E-state index contributed by atoms with van der Waals surface area (Å²) in [5, 5.41) is 24.2. The molecule has 0 aromatic carbocycles. The first kappa shape index (κ1) is 36.7. The van der Waals surface area contributed by atoms with Crippen molar-refractivity contribution in [2.24, 2.45) is 0 Å². The minimum Gasteiger partial charge on any atom is -0.504 e. The van der Waals surface area contributed by atoms with Crippen molar-refractivity contribution in [3.63, 3.8) is 0 Å². The minimum atomic E-state index is -4.81. The predicted octanol–water partition coefficient (Wildman–Crippen LogP) is 4.74. The van der Waals surface area contributed by atoms with Crippen molar-refractivity contribution in [3.8, 4) is 0 Å². The monoisotopic (exact) mass is 614 g/mol. The van der Waals surface area contributed by atoms with Gasteiger partial charge in [0.2, 0.25) is 17.3 Å². The van der Waals surface area contributed by atoms with E-state index in [9.17, 15) is 53.9 Å². The second kappa shape index (κ2) is 15.2. The van der Waals surface area contributed by atoms with Crippen LogP contribution in [0.2, 0.25) is 0 Å². The Balaban J connectivity index is -0.000000174. The minimum absolute atomic E-state index is 0.